The predicted molar refractivity (Wildman–Crippen MR) is 193 cm³/mol. The van der Waals surface area contributed by atoms with Gasteiger partial charge in [-0.3, -0.25) is 14.5 Å². The number of halogens is 1. The van der Waals surface area contributed by atoms with E-state index in [4.69, 9.17) is 9.16 Å². The molecule has 2 aliphatic heterocycles. The van der Waals surface area contributed by atoms with Gasteiger partial charge < -0.3 is 14.3 Å². The van der Waals surface area contributed by atoms with Gasteiger partial charge in [-0.2, -0.15) is 0 Å². The number of nitrogens with zero attached hydrogens (tertiary/aromatic N) is 1. The Hall–Kier alpha value is -3.85. The van der Waals surface area contributed by atoms with Crippen molar-refractivity contribution in [2.45, 2.75) is 71.4 Å². The third kappa shape index (κ3) is 6.58. The molecule has 49 heavy (non-hydrogen) atoms. The average Bonchev–Trinajstić information content (AvgIpc) is 3.61. The average molecular weight is 682 g/mol. The molecule has 2 heterocycles. The largest absolute Gasteiger partial charge is 0.505 e. The van der Waals surface area contributed by atoms with Crippen LogP contribution in [0.4, 0.5) is 4.39 Å². The van der Waals surface area contributed by atoms with Crippen LogP contribution in [0.25, 0.3) is 6.08 Å². The first-order valence-electron chi connectivity index (χ1n) is 17.6. The molecule has 0 saturated carbocycles. The number of aromatic hydroxyl groups is 1. The van der Waals surface area contributed by atoms with E-state index < -0.39 is 26.0 Å². The second-order valence-corrected chi connectivity index (χ2v) is 19.1. The van der Waals surface area contributed by atoms with Gasteiger partial charge in [0, 0.05) is 12.5 Å². The maximum Gasteiger partial charge on any atom is 0.261 e. The molecule has 258 valence electrons. The molecule has 3 aromatic carbocycles. The van der Waals surface area contributed by atoms with Crippen LogP contribution in [-0.4, -0.2) is 56.0 Å². The van der Waals surface area contributed by atoms with Gasteiger partial charge in [-0.05, 0) is 76.9 Å². The highest BCUT2D eigenvalue weighted by Crippen LogP contribution is 2.50. The summed E-state index contributed by atoms with van der Waals surface area (Å²) in [5.41, 5.74) is 3.95. The van der Waals surface area contributed by atoms with E-state index in [2.05, 4.69) is 69.3 Å². The van der Waals surface area contributed by atoms with Crippen molar-refractivity contribution in [1.82, 2.24) is 4.90 Å². The smallest absolute Gasteiger partial charge is 0.261 e. The van der Waals surface area contributed by atoms with Crippen molar-refractivity contribution in [3.8, 4) is 5.75 Å². The molecule has 3 aromatic rings. The van der Waals surface area contributed by atoms with E-state index in [9.17, 15) is 19.1 Å². The van der Waals surface area contributed by atoms with Crippen LogP contribution in [0, 0.1) is 23.6 Å². The van der Waals surface area contributed by atoms with E-state index in [0.29, 0.717) is 44.6 Å². The van der Waals surface area contributed by atoms with Crippen LogP contribution in [-0.2, 0) is 18.8 Å². The number of imide groups is 1. The van der Waals surface area contributed by atoms with E-state index in [1.165, 1.54) is 27.4 Å². The second-order valence-electron chi connectivity index (χ2n) is 14.8. The van der Waals surface area contributed by atoms with E-state index >= 15 is 0 Å². The summed E-state index contributed by atoms with van der Waals surface area (Å²) in [5.74, 6) is -2.14. The van der Waals surface area contributed by atoms with Crippen LogP contribution >= 0.6 is 0 Å². The maximum atomic E-state index is 14.0. The summed E-state index contributed by atoms with van der Waals surface area (Å²) >= 11 is 0. The Morgan fingerprint density at radius 3 is 2.24 bits per heavy atom. The van der Waals surface area contributed by atoms with Crippen molar-refractivity contribution < 1.29 is 28.2 Å². The summed E-state index contributed by atoms with van der Waals surface area (Å²) < 4.78 is 27.9. The number of hydrogen-bond acceptors (Lipinski definition) is 5. The molecule has 1 N–H and O–H groups in total. The first-order valence-corrected chi connectivity index (χ1v) is 19.5. The number of phenolic OH excluding ortho intramolecular Hbond substituents is 1. The van der Waals surface area contributed by atoms with Gasteiger partial charge in [-0.15, -0.1) is 0 Å². The topological polar surface area (TPSA) is 76.1 Å². The molecule has 0 aromatic heterocycles. The molecule has 0 unspecified atom stereocenters. The van der Waals surface area contributed by atoms with Crippen molar-refractivity contribution >= 4 is 36.6 Å². The Morgan fingerprint density at radius 1 is 1.00 bits per heavy atom. The Morgan fingerprint density at radius 2 is 1.65 bits per heavy atom. The minimum atomic E-state index is -2.87. The summed E-state index contributed by atoms with van der Waals surface area (Å²) in [4.78, 5) is 29.0. The fraction of sp³-hybridized carbons (Fsp3) is 0.415. The number of benzene rings is 3. The molecule has 6 rings (SSSR count). The van der Waals surface area contributed by atoms with Gasteiger partial charge in [0.2, 0.25) is 11.8 Å². The number of amides is 2. The van der Waals surface area contributed by atoms with E-state index in [-0.39, 0.29) is 34.6 Å². The van der Waals surface area contributed by atoms with Crippen LogP contribution in [0.3, 0.4) is 0 Å². The highest BCUT2D eigenvalue weighted by Gasteiger charge is 2.57. The number of rotatable bonds is 11. The van der Waals surface area contributed by atoms with Crippen molar-refractivity contribution in [1.29, 1.82) is 0 Å². The van der Waals surface area contributed by atoms with Gasteiger partial charge in [0.1, 0.15) is 0 Å². The fourth-order valence-electron chi connectivity index (χ4n) is 8.40. The van der Waals surface area contributed by atoms with Crippen molar-refractivity contribution in [2.24, 2.45) is 17.8 Å². The number of phenols is 1. The highest BCUT2D eigenvalue weighted by molar-refractivity contribution is 6.99. The van der Waals surface area contributed by atoms with Gasteiger partial charge in [-0.1, -0.05) is 106 Å². The quantitative estimate of drug-likeness (QED) is 0.134. The number of hydrogen-bond donors (Lipinski definition) is 1. The molecule has 4 atom stereocenters. The number of fused-ring (bicyclic) bond motifs is 3. The molecule has 0 spiro atoms. The molecule has 2 saturated heterocycles. The zero-order valence-corrected chi connectivity index (χ0v) is 30.2. The van der Waals surface area contributed by atoms with Crippen molar-refractivity contribution in [2.75, 3.05) is 19.8 Å². The monoisotopic (exact) mass is 681 g/mol. The molecule has 2 amide bonds. The molecular weight excluding hydrogens is 634 g/mol. The zero-order chi connectivity index (χ0) is 34.9. The van der Waals surface area contributed by atoms with Crippen LogP contribution in [0.2, 0.25) is 5.04 Å². The van der Waals surface area contributed by atoms with Gasteiger partial charge >= 0.3 is 0 Å². The lowest BCUT2D eigenvalue weighted by Gasteiger charge is -2.44. The SMILES string of the molecule is CCCN1C(=O)[C@@H]2[C@@H](CC(CO[Si](c3ccccc3)(c3ccccc3)C(C)(C)C)=C3[C@@H](CC/C(C)=C/c4ccc(O)c(F)c4)OC[C@@H]32)C1=O. The normalized spacial score (nSPS) is 22.9. The van der Waals surface area contributed by atoms with Crippen LogP contribution in [0.1, 0.15) is 65.9 Å². The van der Waals surface area contributed by atoms with E-state index in [0.717, 1.165) is 23.1 Å². The molecule has 2 fully saturated rings. The molecule has 1 aliphatic carbocycles. The zero-order valence-electron chi connectivity index (χ0n) is 29.2. The van der Waals surface area contributed by atoms with Gasteiger partial charge in [-0.25, -0.2) is 4.39 Å². The first kappa shape index (κ1) is 35.0. The Kier molecular flexibility index (Phi) is 10.1. The Bertz CT molecular complexity index is 1710. The van der Waals surface area contributed by atoms with E-state index in [1.807, 2.05) is 32.1 Å². The molecule has 6 nitrogen and oxygen atoms in total. The molecular formula is C41H48FNO5Si. The predicted octanol–water partition coefficient (Wildman–Crippen LogP) is 7.02. The summed E-state index contributed by atoms with van der Waals surface area (Å²) in [6.07, 6.45) is 4.31. The Balaban J connectivity index is 1.37. The van der Waals surface area contributed by atoms with Gasteiger partial charge in [0.25, 0.3) is 8.32 Å². The minimum Gasteiger partial charge on any atom is -0.505 e. The van der Waals surface area contributed by atoms with Crippen molar-refractivity contribution in [3.63, 3.8) is 0 Å². The van der Waals surface area contributed by atoms with Crippen LogP contribution in [0.5, 0.6) is 5.75 Å². The fourth-order valence-corrected chi connectivity index (χ4v) is 12.9. The maximum absolute atomic E-state index is 14.0. The van der Waals surface area contributed by atoms with Crippen LogP contribution < -0.4 is 10.4 Å². The standard InChI is InChI=1S/C41H48FNO5Si/c1-6-21-43-39(45)32-24-29(25-48-49(41(3,4)5,30-13-9-7-10-14-30)31-15-11-8-12-16-31)37-33(38(32)40(43)46)26-47-36(37)20-17-27(2)22-28-18-19-35(44)34(42)23-28/h7-16,18-19,22-23,32-33,36,38,44H,6,17,20-21,24-26H2,1-5H3/b27-22+/t32-,33+,36-,38-/m1/s1. The summed E-state index contributed by atoms with van der Waals surface area (Å²) in [5, 5.41) is 11.8. The molecule has 3 aliphatic rings. The minimum absolute atomic E-state index is 0.0674. The summed E-state index contributed by atoms with van der Waals surface area (Å²) in [6.45, 7) is 12.0. The summed E-state index contributed by atoms with van der Waals surface area (Å²) in [6, 6.07) is 25.5. The number of carbonyl (C=O) groups is 2. The van der Waals surface area contributed by atoms with Crippen LogP contribution in [0.15, 0.2) is 95.6 Å². The van der Waals surface area contributed by atoms with Gasteiger partial charge in [0.05, 0.1) is 31.2 Å². The van der Waals surface area contributed by atoms with Gasteiger partial charge in [0.15, 0.2) is 11.6 Å². The lowest BCUT2D eigenvalue weighted by atomic mass is 9.69. The number of carbonyl (C=O) groups excluding carboxylic acids is 2. The third-order valence-electron chi connectivity index (χ3n) is 10.6. The molecule has 0 bridgehead atoms. The lowest BCUT2D eigenvalue weighted by Crippen LogP contribution is -2.66. The summed E-state index contributed by atoms with van der Waals surface area (Å²) in [7, 11) is -2.87. The number of allylic oxidation sites excluding steroid dienone is 1. The number of ether oxygens (including phenoxy) is 1. The molecule has 8 heteroatoms. The second kappa shape index (κ2) is 14.2. The number of likely N-dealkylation sites (tertiary alicyclic amines) is 1. The lowest BCUT2D eigenvalue weighted by molar-refractivity contribution is -0.140. The van der Waals surface area contributed by atoms with E-state index in [1.54, 1.807) is 6.07 Å². The van der Waals surface area contributed by atoms with Crippen molar-refractivity contribution in [3.05, 3.63) is 107 Å². The highest BCUT2D eigenvalue weighted by atomic mass is 28.4. The molecule has 0 radical (unpaired) electrons. The first-order chi connectivity index (χ1) is 23.5. The third-order valence-corrected chi connectivity index (χ3v) is 15.6. The Labute approximate surface area is 290 Å².